The van der Waals surface area contributed by atoms with Crippen LogP contribution in [0.1, 0.15) is 23.2 Å². The van der Waals surface area contributed by atoms with E-state index in [0.29, 0.717) is 6.54 Å². The Morgan fingerprint density at radius 1 is 1.24 bits per heavy atom. The predicted octanol–water partition coefficient (Wildman–Crippen LogP) is 2.13. The number of imidazole rings is 1. The first-order valence-electron chi connectivity index (χ1n) is 8.16. The van der Waals surface area contributed by atoms with Crippen LogP contribution < -0.4 is 4.72 Å². The molecule has 154 valence electrons. The van der Waals surface area contributed by atoms with Gasteiger partial charge in [0, 0.05) is 23.9 Å². The maximum Gasteiger partial charge on any atom is 0.471 e. The lowest BCUT2D eigenvalue weighted by Crippen LogP contribution is -2.30. The molecule has 0 saturated carbocycles. The Hall–Kier alpha value is -3.06. The van der Waals surface area contributed by atoms with E-state index in [0.717, 1.165) is 0 Å². The van der Waals surface area contributed by atoms with E-state index in [-0.39, 0.29) is 22.0 Å². The van der Waals surface area contributed by atoms with Gasteiger partial charge in [-0.15, -0.1) is 0 Å². The number of aromatic nitrogens is 4. The molecular formula is C16H14F3N5O4S. The Labute approximate surface area is 162 Å². The van der Waals surface area contributed by atoms with E-state index in [1.54, 1.807) is 4.57 Å². The van der Waals surface area contributed by atoms with Gasteiger partial charge in [-0.1, -0.05) is 29.4 Å². The van der Waals surface area contributed by atoms with Gasteiger partial charge in [-0.05, 0) is 6.92 Å². The Kier molecular flexibility index (Phi) is 5.53. The first-order chi connectivity index (χ1) is 13.6. The topological polar surface area (TPSA) is 120 Å². The van der Waals surface area contributed by atoms with Crippen LogP contribution in [0.3, 0.4) is 0 Å². The molecule has 0 saturated heterocycles. The van der Waals surface area contributed by atoms with Gasteiger partial charge in [-0.3, -0.25) is 4.79 Å². The fourth-order valence-corrected chi connectivity index (χ4v) is 3.18. The molecule has 0 unspecified atom stereocenters. The van der Waals surface area contributed by atoms with E-state index in [1.165, 1.54) is 36.8 Å². The molecule has 0 aliphatic rings. The second kappa shape index (κ2) is 7.75. The molecule has 29 heavy (non-hydrogen) atoms. The summed E-state index contributed by atoms with van der Waals surface area (Å²) < 4.78 is 69.7. The molecule has 2 aromatic heterocycles. The summed E-state index contributed by atoms with van der Waals surface area (Å²) in [6, 6.07) is 5.30. The zero-order chi connectivity index (χ0) is 21.2. The Balaban J connectivity index is 1.67. The van der Waals surface area contributed by atoms with E-state index in [1.807, 2.05) is 6.92 Å². The van der Waals surface area contributed by atoms with Gasteiger partial charge >= 0.3 is 12.1 Å². The van der Waals surface area contributed by atoms with E-state index >= 15 is 0 Å². The lowest BCUT2D eigenvalue weighted by molar-refractivity contribution is -0.159. The van der Waals surface area contributed by atoms with Crippen LogP contribution in [-0.2, 0) is 22.7 Å². The summed E-state index contributed by atoms with van der Waals surface area (Å²) in [6.45, 7) is 1.84. The normalized spacial score (nSPS) is 12.3. The number of hydrogen-bond donors (Lipinski definition) is 1. The van der Waals surface area contributed by atoms with Gasteiger partial charge in [0.25, 0.3) is 10.0 Å². The van der Waals surface area contributed by atoms with Crippen LogP contribution in [0.5, 0.6) is 0 Å². The highest BCUT2D eigenvalue weighted by Crippen LogP contribution is 2.29. The van der Waals surface area contributed by atoms with Crippen LogP contribution in [-0.4, -0.2) is 40.4 Å². The number of hydrogen-bond acceptors (Lipinski definition) is 7. The van der Waals surface area contributed by atoms with E-state index in [4.69, 9.17) is 0 Å². The van der Waals surface area contributed by atoms with Crippen molar-refractivity contribution >= 4 is 15.8 Å². The molecule has 0 bridgehead atoms. The highest BCUT2D eigenvalue weighted by Gasteiger charge is 2.38. The van der Waals surface area contributed by atoms with Crippen LogP contribution in [0.2, 0.25) is 0 Å². The first-order valence-corrected chi connectivity index (χ1v) is 9.64. The highest BCUT2D eigenvalue weighted by atomic mass is 32.2. The third kappa shape index (κ3) is 4.68. The van der Waals surface area contributed by atoms with Gasteiger partial charge in [0.2, 0.25) is 5.82 Å². The summed E-state index contributed by atoms with van der Waals surface area (Å²) in [6.07, 6.45) is -2.07. The molecule has 1 N–H and O–H groups in total. The maximum absolute atomic E-state index is 12.5. The van der Waals surface area contributed by atoms with Crippen molar-refractivity contribution in [3.8, 4) is 11.4 Å². The lowest BCUT2D eigenvalue weighted by Gasteiger charge is -2.04. The van der Waals surface area contributed by atoms with Gasteiger partial charge < -0.3 is 9.09 Å². The molecule has 0 spiro atoms. The third-order valence-electron chi connectivity index (χ3n) is 3.81. The second-order valence-corrected chi connectivity index (χ2v) is 7.50. The minimum atomic E-state index is -4.76. The number of sulfonamides is 1. The van der Waals surface area contributed by atoms with Crippen molar-refractivity contribution in [3.05, 3.63) is 48.2 Å². The average molecular weight is 429 g/mol. The van der Waals surface area contributed by atoms with E-state index < -0.39 is 34.4 Å². The monoisotopic (exact) mass is 429 g/mol. The van der Waals surface area contributed by atoms with Crippen LogP contribution in [0.4, 0.5) is 13.2 Å². The number of ketones is 1. The highest BCUT2D eigenvalue weighted by molar-refractivity contribution is 7.89. The minimum absolute atomic E-state index is 0.148. The number of aryl methyl sites for hydroxylation is 1. The number of carbonyl (C=O) groups excluding carboxylic acids is 1. The van der Waals surface area contributed by atoms with Gasteiger partial charge in [0.15, 0.2) is 10.8 Å². The predicted molar refractivity (Wildman–Crippen MR) is 92.2 cm³/mol. The van der Waals surface area contributed by atoms with Gasteiger partial charge in [0.05, 0.1) is 12.9 Å². The number of nitrogens with zero attached hydrogens (tertiary/aromatic N) is 4. The Morgan fingerprint density at radius 3 is 2.48 bits per heavy atom. The molecule has 2 heterocycles. The third-order valence-corrected chi connectivity index (χ3v) is 5.09. The number of rotatable bonds is 7. The van der Waals surface area contributed by atoms with Crippen LogP contribution in [0.25, 0.3) is 11.4 Å². The molecule has 0 aliphatic heterocycles. The summed E-state index contributed by atoms with van der Waals surface area (Å²) in [5, 5.41) is 3.04. The average Bonchev–Trinajstić information content (AvgIpc) is 3.36. The SMILES string of the molecule is CCn1cnc(S(=O)(=O)NCC(=O)c2ccc(-c3noc(C(F)(F)F)n3)cc2)c1. The van der Waals surface area contributed by atoms with Gasteiger partial charge in [-0.25, -0.2) is 18.1 Å². The van der Waals surface area contributed by atoms with Crippen LogP contribution in [0, 0.1) is 0 Å². The summed E-state index contributed by atoms with van der Waals surface area (Å²) in [7, 11) is -3.96. The molecule has 3 rings (SSSR count). The second-order valence-electron chi connectivity index (χ2n) is 5.79. The first kappa shape index (κ1) is 20.7. The maximum atomic E-state index is 12.5. The van der Waals surface area contributed by atoms with Crippen molar-refractivity contribution in [2.75, 3.05) is 6.54 Å². The molecule has 0 atom stereocenters. The fourth-order valence-electron chi connectivity index (χ4n) is 2.25. The quantitative estimate of drug-likeness (QED) is 0.571. The lowest BCUT2D eigenvalue weighted by atomic mass is 10.1. The molecule has 9 nitrogen and oxygen atoms in total. The summed E-state index contributed by atoms with van der Waals surface area (Å²) in [5.41, 5.74) is 0.349. The van der Waals surface area contributed by atoms with Crippen LogP contribution >= 0.6 is 0 Å². The van der Waals surface area contributed by atoms with Crippen molar-refractivity contribution < 1.29 is 30.9 Å². The van der Waals surface area contributed by atoms with Crippen molar-refractivity contribution in [1.82, 2.24) is 24.4 Å². The van der Waals surface area contributed by atoms with E-state index in [2.05, 4.69) is 24.4 Å². The molecule has 0 fully saturated rings. The largest absolute Gasteiger partial charge is 0.471 e. The minimum Gasteiger partial charge on any atom is -0.336 e. The molecule has 13 heteroatoms. The zero-order valence-electron chi connectivity index (χ0n) is 14.8. The zero-order valence-corrected chi connectivity index (χ0v) is 15.7. The fraction of sp³-hybridized carbons (Fsp3) is 0.250. The molecule has 0 amide bonds. The molecule has 3 aromatic rings. The van der Waals surface area contributed by atoms with Crippen molar-refractivity contribution in [2.45, 2.75) is 24.7 Å². The molecule has 1 aromatic carbocycles. The number of benzene rings is 1. The molecule has 0 aliphatic carbocycles. The van der Waals surface area contributed by atoms with Gasteiger partial charge in [0.1, 0.15) is 0 Å². The standard InChI is InChI=1S/C16H14F3N5O4S/c1-2-24-8-13(20-9-24)29(26,27)21-7-12(25)10-3-5-11(6-4-10)14-22-15(28-23-14)16(17,18)19/h3-6,8-9,21H,2,7H2,1H3. The number of nitrogens with one attached hydrogen (secondary N) is 1. The Morgan fingerprint density at radius 2 is 1.93 bits per heavy atom. The summed E-state index contributed by atoms with van der Waals surface area (Å²) in [5.74, 6) is -2.31. The van der Waals surface area contributed by atoms with Crippen molar-refractivity contribution in [3.63, 3.8) is 0 Å². The molecular weight excluding hydrogens is 415 g/mol. The number of Topliss-reactive ketones (excluding diaryl/α,β-unsaturated/α-hetero) is 1. The molecule has 0 radical (unpaired) electrons. The van der Waals surface area contributed by atoms with Crippen molar-refractivity contribution in [2.24, 2.45) is 0 Å². The Bertz CT molecular complexity index is 1120. The van der Waals surface area contributed by atoms with Gasteiger partial charge in [-0.2, -0.15) is 18.2 Å². The number of alkyl halides is 3. The smallest absolute Gasteiger partial charge is 0.336 e. The van der Waals surface area contributed by atoms with Crippen molar-refractivity contribution in [1.29, 1.82) is 0 Å². The van der Waals surface area contributed by atoms with E-state index in [9.17, 15) is 26.4 Å². The number of carbonyl (C=O) groups is 1. The number of halogens is 3. The summed E-state index contributed by atoms with van der Waals surface area (Å²) >= 11 is 0. The summed E-state index contributed by atoms with van der Waals surface area (Å²) in [4.78, 5) is 19.2. The van der Waals surface area contributed by atoms with Crippen LogP contribution in [0.15, 0.2) is 46.3 Å².